The topological polar surface area (TPSA) is 117 Å². The largest absolute Gasteiger partial charge is 0.432 e. The van der Waals surface area contributed by atoms with E-state index in [9.17, 15) is 13.2 Å². The molecule has 154 valence electrons. The van der Waals surface area contributed by atoms with Crippen LogP contribution in [0.4, 0.5) is 30.8 Å². The Morgan fingerprint density at radius 2 is 1.97 bits per heavy atom. The van der Waals surface area contributed by atoms with Gasteiger partial charge in [-0.2, -0.15) is 23.7 Å². The van der Waals surface area contributed by atoms with Crippen molar-refractivity contribution in [2.75, 3.05) is 11.1 Å². The molecule has 0 radical (unpaired) electrons. The normalized spacial score (nSPS) is 11.3. The van der Waals surface area contributed by atoms with Gasteiger partial charge in [0.1, 0.15) is 5.82 Å². The maximum absolute atomic E-state index is 14.0. The molecule has 3 N–H and O–H groups in total. The lowest BCUT2D eigenvalue weighted by atomic mass is 10.3. The Morgan fingerprint density at radius 3 is 2.70 bits per heavy atom. The highest BCUT2D eigenvalue weighted by molar-refractivity contribution is 9.10. The lowest BCUT2D eigenvalue weighted by Gasteiger charge is -2.11. The van der Waals surface area contributed by atoms with Crippen molar-refractivity contribution < 1.29 is 17.9 Å². The highest BCUT2D eigenvalue weighted by Crippen LogP contribution is 2.25. The van der Waals surface area contributed by atoms with Gasteiger partial charge < -0.3 is 15.8 Å². The predicted octanol–water partition coefficient (Wildman–Crippen LogP) is 3.74. The first-order chi connectivity index (χ1) is 14.3. The van der Waals surface area contributed by atoms with Gasteiger partial charge in [-0.25, -0.2) is 14.4 Å². The second kappa shape index (κ2) is 7.74. The number of nitrogens with zero attached hydrogens (tertiary/aromatic N) is 6. The fraction of sp³-hybridized carbons (Fsp3) is 0.118. The number of hydrogen-bond donors (Lipinski definition) is 2. The van der Waals surface area contributed by atoms with E-state index in [2.05, 4.69) is 50.9 Å². The van der Waals surface area contributed by atoms with Crippen LogP contribution in [-0.2, 0) is 0 Å². The number of hydrogen-bond acceptors (Lipinski definition) is 8. The van der Waals surface area contributed by atoms with E-state index in [0.717, 1.165) is 16.6 Å². The van der Waals surface area contributed by atoms with Gasteiger partial charge in [0.05, 0.1) is 5.52 Å². The molecule has 0 saturated heterocycles. The molecule has 0 amide bonds. The van der Waals surface area contributed by atoms with Crippen molar-refractivity contribution in [1.82, 2.24) is 29.5 Å². The number of anilines is 3. The minimum absolute atomic E-state index is 0.0173. The highest BCUT2D eigenvalue weighted by atomic mass is 79.9. The van der Waals surface area contributed by atoms with Crippen molar-refractivity contribution in [3.63, 3.8) is 0 Å². The van der Waals surface area contributed by atoms with Gasteiger partial charge in [-0.05, 0) is 41.1 Å². The zero-order chi connectivity index (χ0) is 21.4. The number of aryl methyl sites for hydroxylation is 1. The molecule has 0 unspecified atom stereocenters. The van der Waals surface area contributed by atoms with Crippen molar-refractivity contribution in [2.24, 2.45) is 0 Å². The number of nitrogens with two attached hydrogens (primary N) is 1. The van der Waals surface area contributed by atoms with E-state index in [0.29, 0.717) is 17.0 Å². The van der Waals surface area contributed by atoms with E-state index in [4.69, 9.17) is 5.73 Å². The van der Waals surface area contributed by atoms with Crippen LogP contribution in [0.5, 0.6) is 5.75 Å². The standard InChI is InChI=1S/C17H12BrF3N8O/c1-7-24-13-11(4-8(18)6-23-13)29(7)17-27-15(22)26-16(28-17)25-9-2-3-12(10(19)5-9)30-14(20)21/h2-6,14H,1H3,(H3,22,25,26,27,28). The molecule has 3 heterocycles. The summed E-state index contributed by atoms with van der Waals surface area (Å²) in [6, 6.07) is 5.16. The summed E-state index contributed by atoms with van der Waals surface area (Å²) in [5.41, 5.74) is 7.13. The molecular formula is C17H12BrF3N8O. The number of alkyl halides is 2. The number of nitrogens with one attached hydrogen (secondary N) is 1. The van der Waals surface area contributed by atoms with Gasteiger partial charge in [0.2, 0.25) is 17.8 Å². The number of aromatic nitrogens is 6. The second-order valence-electron chi connectivity index (χ2n) is 5.96. The Labute approximate surface area is 175 Å². The summed E-state index contributed by atoms with van der Waals surface area (Å²) in [7, 11) is 0. The van der Waals surface area contributed by atoms with Crippen LogP contribution in [0.2, 0.25) is 0 Å². The molecule has 4 rings (SSSR count). The van der Waals surface area contributed by atoms with Crippen molar-refractivity contribution in [3.8, 4) is 11.7 Å². The number of ether oxygens (including phenoxy) is 1. The molecule has 0 aliphatic rings. The highest BCUT2D eigenvalue weighted by Gasteiger charge is 2.16. The third-order valence-electron chi connectivity index (χ3n) is 3.89. The van der Waals surface area contributed by atoms with E-state index < -0.39 is 18.2 Å². The lowest BCUT2D eigenvalue weighted by Crippen LogP contribution is -2.10. The fourth-order valence-corrected chi connectivity index (χ4v) is 3.06. The summed E-state index contributed by atoms with van der Waals surface area (Å²) >= 11 is 3.36. The molecule has 0 aliphatic heterocycles. The Morgan fingerprint density at radius 1 is 1.17 bits per heavy atom. The van der Waals surface area contributed by atoms with Gasteiger partial charge in [-0.15, -0.1) is 0 Å². The van der Waals surface area contributed by atoms with Crippen LogP contribution in [-0.4, -0.2) is 36.1 Å². The molecule has 0 bridgehead atoms. The molecule has 9 nitrogen and oxygen atoms in total. The van der Waals surface area contributed by atoms with E-state index in [-0.39, 0.29) is 23.5 Å². The second-order valence-corrected chi connectivity index (χ2v) is 6.87. The molecule has 1 aromatic carbocycles. The van der Waals surface area contributed by atoms with Crippen molar-refractivity contribution in [3.05, 3.63) is 46.6 Å². The number of imidazole rings is 1. The molecule has 3 aromatic heterocycles. The first-order valence-electron chi connectivity index (χ1n) is 8.34. The first-order valence-corrected chi connectivity index (χ1v) is 9.13. The third kappa shape index (κ3) is 3.96. The number of nitrogen functional groups attached to an aromatic ring is 1. The molecule has 13 heteroatoms. The molecule has 0 aliphatic carbocycles. The SMILES string of the molecule is Cc1nc2ncc(Br)cc2n1-c1nc(N)nc(Nc2ccc(OC(F)F)c(F)c2)n1. The Balaban J connectivity index is 1.71. The maximum atomic E-state index is 14.0. The quantitative estimate of drug-likeness (QED) is 0.443. The van der Waals surface area contributed by atoms with Crippen LogP contribution in [0.25, 0.3) is 17.1 Å². The Hall–Kier alpha value is -3.48. The Bertz CT molecular complexity index is 1250. The Kier molecular flexibility index (Phi) is 5.11. The van der Waals surface area contributed by atoms with Gasteiger partial charge in [0, 0.05) is 22.4 Å². The summed E-state index contributed by atoms with van der Waals surface area (Å²) in [6.07, 6.45) is 1.61. The van der Waals surface area contributed by atoms with Crippen LogP contribution in [0, 0.1) is 12.7 Å². The van der Waals surface area contributed by atoms with Crippen LogP contribution in [0.3, 0.4) is 0 Å². The lowest BCUT2D eigenvalue weighted by molar-refractivity contribution is -0.0521. The summed E-state index contributed by atoms with van der Waals surface area (Å²) in [4.78, 5) is 21.0. The summed E-state index contributed by atoms with van der Waals surface area (Å²) in [6.45, 7) is -1.38. The average molecular weight is 481 g/mol. The number of fused-ring (bicyclic) bond motifs is 1. The van der Waals surface area contributed by atoms with Gasteiger partial charge >= 0.3 is 6.61 Å². The van der Waals surface area contributed by atoms with Crippen molar-refractivity contribution in [1.29, 1.82) is 0 Å². The predicted molar refractivity (Wildman–Crippen MR) is 105 cm³/mol. The van der Waals surface area contributed by atoms with E-state index in [1.54, 1.807) is 23.8 Å². The summed E-state index contributed by atoms with van der Waals surface area (Å²) in [5.74, 6) is -0.900. The molecule has 4 aromatic rings. The van der Waals surface area contributed by atoms with Gasteiger partial charge in [0.25, 0.3) is 0 Å². The molecule has 0 spiro atoms. The molecule has 0 saturated carbocycles. The number of benzene rings is 1. The number of pyridine rings is 1. The van der Waals surface area contributed by atoms with Crippen molar-refractivity contribution in [2.45, 2.75) is 13.5 Å². The zero-order valence-corrected chi connectivity index (χ0v) is 16.7. The van der Waals surface area contributed by atoms with Crippen LogP contribution < -0.4 is 15.8 Å². The van der Waals surface area contributed by atoms with Gasteiger partial charge in [-0.1, -0.05) is 0 Å². The average Bonchev–Trinajstić information content (AvgIpc) is 2.98. The number of rotatable bonds is 5. The zero-order valence-electron chi connectivity index (χ0n) is 15.1. The van der Waals surface area contributed by atoms with E-state index >= 15 is 0 Å². The van der Waals surface area contributed by atoms with E-state index in [1.807, 2.05) is 0 Å². The minimum atomic E-state index is -3.13. The monoisotopic (exact) mass is 480 g/mol. The number of halogens is 4. The third-order valence-corrected chi connectivity index (χ3v) is 4.32. The molecule has 0 atom stereocenters. The first kappa shape index (κ1) is 19.8. The fourth-order valence-electron chi connectivity index (χ4n) is 2.74. The summed E-state index contributed by atoms with van der Waals surface area (Å²) in [5, 5.41) is 2.76. The van der Waals surface area contributed by atoms with Crippen LogP contribution in [0.15, 0.2) is 34.9 Å². The molecule has 30 heavy (non-hydrogen) atoms. The summed E-state index contributed by atoms with van der Waals surface area (Å²) < 4.78 is 45.0. The van der Waals surface area contributed by atoms with E-state index in [1.165, 1.54) is 6.07 Å². The van der Waals surface area contributed by atoms with Crippen molar-refractivity contribution >= 4 is 44.7 Å². The van der Waals surface area contributed by atoms with Gasteiger partial charge in [0.15, 0.2) is 17.2 Å². The van der Waals surface area contributed by atoms with Crippen LogP contribution in [0.1, 0.15) is 5.82 Å². The minimum Gasteiger partial charge on any atom is -0.432 e. The smallest absolute Gasteiger partial charge is 0.387 e. The molecule has 0 fully saturated rings. The maximum Gasteiger partial charge on any atom is 0.387 e. The van der Waals surface area contributed by atoms with Crippen LogP contribution >= 0.6 is 15.9 Å². The van der Waals surface area contributed by atoms with Gasteiger partial charge in [-0.3, -0.25) is 4.57 Å². The molecular weight excluding hydrogens is 469 g/mol.